The van der Waals surface area contributed by atoms with E-state index in [0.717, 1.165) is 19.3 Å². The Hall–Kier alpha value is -1.44. The molecule has 140 valence electrons. The van der Waals surface area contributed by atoms with Crippen LogP contribution in [0.5, 0.6) is 0 Å². The molecule has 0 radical (unpaired) electrons. The van der Waals surface area contributed by atoms with Crippen LogP contribution in [-0.2, 0) is 21.4 Å². The number of rotatable bonds is 6. The summed E-state index contributed by atoms with van der Waals surface area (Å²) >= 11 is 0. The first-order valence-electron chi connectivity index (χ1n) is 8.73. The predicted molar refractivity (Wildman–Crippen MR) is 98.3 cm³/mol. The zero-order chi connectivity index (χ0) is 18.7. The van der Waals surface area contributed by atoms with Gasteiger partial charge in [0.25, 0.3) is 0 Å². The minimum absolute atomic E-state index is 0.0849. The summed E-state index contributed by atoms with van der Waals surface area (Å²) in [4.78, 5) is 12.4. The van der Waals surface area contributed by atoms with Crippen molar-refractivity contribution in [3.63, 3.8) is 0 Å². The SMILES string of the molecule is CC(C)(C)NS(=O)(=O)c1ccccc1CNC(=O)C[C@@H]1CCC[C@H]1N. The lowest BCUT2D eigenvalue weighted by Gasteiger charge is -2.21. The maximum atomic E-state index is 12.6. The number of benzene rings is 1. The number of hydrogen-bond donors (Lipinski definition) is 3. The van der Waals surface area contributed by atoms with Gasteiger partial charge in [-0.1, -0.05) is 24.6 Å². The van der Waals surface area contributed by atoms with Crippen LogP contribution in [0.3, 0.4) is 0 Å². The zero-order valence-corrected chi connectivity index (χ0v) is 16.0. The van der Waals surface area contributed by atoms with Crippen LogP contribution in [-0.4, -0.2) is 25.9 Å². The average molecular weight is 368 g/mol. The molecule has 2 rings (SSSR count). The molecule has 1 amide bonds. The highest BCUT2D eigenvalue weighted by molar-refractivity contribution is 7.89. The van der Waals surface area contributed by atoms with Crippen molar-refractivity contribution in [2.75, 3.05) is 0 Å². The maximum absolute atomic E-state index is 12.6. The van der Waals surface area contributed by atoms with Crippen LogP contribution < -0.4 is 15.8 Å². The van der Waals surface area contributed by atoms with Gasteiger partial charge in [0.1, 0.15) is 0 Å². The highest BCUT2D eigenvalue weighted by Gasteiger charge is 2.27. The van der Waals surface area contributed by atoms with Crippen LogP contribution >= 0.6 is 0 Å². The van der Waals surface area contributed by atoms with Crippen molar-refractivity contribution >= 4 is 15.9 Å². The second-order valence-corrected chi connectivity index (χ2v) is 9.45. The topological polar surface area (TPSA) is 101 Å². The van der Waals surface area contributed by atoms with Gasteiger partial charge in [-0.2, -0.15) is 0 Å². The number of hydrogen-bond acceptors (Lipinski definition) is 4. The Morgan fingerprint density at radius 3 is 2.52 bits per heavy atom. The molecule has 1 saturated carbocycles. The molecule has 1 aromatic rings. The number of nitrogens with two attached hydrogens (primary N) is 1. The van der Waals surface area contributed by atoms with E-state index >= 15 is 0 Å². The number of carbonyl (C=O) groups is 1. The molecule has 7 heteroatoms. The van der Waals surface area contributed by atoms with Gasteiger partial charge in [-0.3, -0.25) is 4.79 Å². The van der Waals surface area contributed by atoms with Crippen molar-refractivity contribution < 1.29 is 13.2 Å². The lowest BCUT2D eigenvalue weighted by atomic mass is 10.00. The smallest absolute Gasteiger partial charge is 0.241 e. The average Bonchev–Trinajstić information content (AvgIpc) is 2.88. The van der Waals surface area contributed by atoms with Gasteiger partial charge in [0.05, 0.1) is 4.90 Å². The molecule has 1 fully saturated rings. The molecule has 0 saturated heterocycles. The van der Waals surface area contributed by atoms with Gasteiger partial charge >= 0.3 is 0 Å². The Labute approximate surface area is 150 Å². The van der Waals surface area contributed by atoms with E-state index in [1.54, 1.807) is 45.0 Å². The molecule has 2 atom stereocenters. The van der Waals surface area contributed by atoms with E-state index in [4.69, 9.17) is 5.73 Å². The van der Waals surface area contributed by atoms with Gasteiger partial charge in [-0.05, 0) is 51.2 Å². The van der Waals surface area contributed by atoms with Crippen molar-refractivity contribution in [3.05, 3.63) is 29.8 Å². The normalized spacial score (nSPS) is 21.3. The Bertz CT molecular complexity index is 711. The molecule has 4 N–H and O–H groups in total. The second-order valence-electron chi connectivity index (χ2n) is 7.80. The van der Waals surface area contributed by atoms with Crippen molar-refractivity contribution in [3.8, 4) is 0 Å². The van der Waals surface area contributed by atoms with Crippen molar-refractivity contribution in [1.29, 1.82) is 0 Å². The Morgan fingerprint density at radius 2 is 1.92 bits per heavy atom. The van der Waals surface area contributed by atoms with Crippen LogP contribution in [0.2, 0.25) is 0 Å². The molecular weight excluding hydrogens is 338 g/mol. The van der Waals surface area contributed by atoms with E-state index in [1.165, 1.54) is 0 Å². The maximum Gasteiger partial charge on any atom is 0.241 e. The van der Waals surface area contributed by atoms with Crippen LogP contribution in [0.1, 0.15) is 52.0 Å². The van der Waals surface area contributed by atoms with Gasteiger partial charge in [-0.25, -0.2) is 13.1 Å². The molecule has 0 spiro atoms. The van der Waals surface area contributed by atoms with E-state index in [-0.39, 0.29) is 29.3 Å². The highest BCUT2D eigenvalue weighted by Crippen LogP contribution is 2.26. The summed E-state index contributed by atoms with van der Waals surface area (Å²) in [5.41, 5.74) is 6.00. The van der Waals surface area contributed by atoms with Gasteiger partial charge in [-0.15, -0.1) is 0 Å². The third-order valence-corrected chi connectivity index (χ3v) is 6.20. The monoisotopic (exact) mass is 367 g/mol. The molecule has 25 heavy (non-hydrogen) atoms. The molecule has 1 aromatic carbocycles. The minimum atomic E-state index is -3.65. The van der Waals surface area contributed by atoms with Crippen molar-refractivity contribution in [1.82, 2.24) is 10.0 Å². The molecule has 0 heterocycles. The van der Waals surface area contributed by atoms with Crippen molar-refractivity contribution in [2.24, 2.45) is 11.7 Å². The lowest BCUT2D eigenvalue weighted by Crippen LogP contribution is -2.41. The van der Waals surface area contributed by atoms with Gasteiger partial charge < -0.3 is 11.1 Å². The first kappa shape index (κ1) is 19.9. The molecule has 0 unspecified atom stereocenters. The van der Waals surface area contributed by atoms with Crippen LogP contribution in [0.4, 0.5) is 0 Å². The third kappa shape index (κ3) is 5.80. The van der Waals surface area contributed by atoms with Gasteiger partial charge in [0.2, 0.25) is 15.9 Å². The summed E-state index contributed by atoms with van der Waals surface area (Å²) in [6, 6.07) is 6.82. The third-order valence-electron chi connectivity index (χ3n) is 4.34. The number of sulfonamides is 1. The van der Waals surface area contributed by atoms with E-state index < -0.39 is 15.6 Å². The number of carbonyl (C=O) groups excluding carboxylic acids is 1. The Balaban J connectivity index is 2.04. The van der Waals surface area contributed by atoms with E-state index in [9.17, 15) is 13.2 Å². The fourth-order valence-electron chi connectivity index (χ4n) is 3.19. The Morgan fingerprint density at radius 1 is 1.24 bits per heavy atom. The highest BCUT2D eigenvalue weighted by atomic mass is 32.2. The largest absolute Gasteiger partial charge is 0.352 e. The summed E-state index contributed by atoms with van der Waals surface area (Å²) in [7, 11) is -3.65. The Kier molecular flexibility index (Phi) is 6.24. The quantitative estimate of drug-likeness (QED) is 0.715. The summed E-state index contributed by atoms with van der Waals surface area (Å²) < 4.78 is 27.8. The van der Waals surface area contributed by atoms with E-state index in [1.807, 2.05) is 0 Å². The standard InChI is InChI=1S/C18H29N3O3S/c1-18(2,3)21-25(23,24)16-10-5-4-7-14(16)12-20-17(22)11-13-8-6-9-15(13)19/h4-5,7,10,13,15,21H,6,8-9,11-12,19H2,1-3H3,(H,20,22)/t13-,15+/m0/s1. The van der Waals surface area contributed by atoms with E-state index in [0.29, 0.717) is 12.0 Å². The van der Waals surface area contributed by atoms with E-state index in [2.05, 4.69) is 10.0 Å². The summed E-state index contributed by atoms with van der Waals surface area (Å²) in [5.74, 6) is 0.139. The molecule has 0 aromatic heterocycles. The second kappa shape index (κ2) is 7.85. The summed E-state index contributed by atoms with van der Waals surface area (Å²) in [5, 5.41) is 2.84. The van der Waals surface area contributed by atoms with Crippen molar-refractivity contribution in [2.45, 2.75) is 69.5 Å². The molecule has 6 nitrogen and oxygen atoms in total. The van der Waals surface area contributed by atoms with Crippen LogP contribution in [0.15, 0.2) is 29.2 Å². The number of nitrogens with one attached hydrogen (secondary N) is 2. The number of amides is 1. The summed E-state index contributed by atoms with van der Waals surface area (Å²) in [6.45, 7) is 5.56. The molecule has 0 aliphatic heterocycles. The first-order chi connectivity index (χ1) is 11.6. The van der Waals surface area contributed by atoms with Gasteiger partial charge in [0, 0.05) is 24.5 Å². The summed E-state index contributed by atoms with van der Waals surface area (Å²) in [6.07, 6.45) is 3.42. The minimum Gasteiger partial charge on any atom is -0.352 e. The van der Waals surface area contributed by atoms with Crippen LogP contribution in [0.25, 0.3) is 0 Å². The predicted octanol–water partition coefficient (Wildman–Crippen LogP) is 1.90. The molecular formula is C18H29N3O3S. The lowest BCUT2D eigenvalue weighted by molar-refractivity contribution is -0.122. The molecule has 1 aliphatic rings. The first-order valence-corrected chi connectivity index (χ1v) is 10.2. The van der Waals surface area contributed by atoms with Crippen LogP contribution in [0, 0.1) is 5.92 Å². The van der Waals surface area contributed by atoms with Gasteiger partial charge in [0.15, 0.2) is 0 Å². The fourth-order valence-corrected chi connectivity index (χ4v) is 4.85. The molecule has 0 bridgehead atoms. The fraction of sp³-hybridized carbons (Fsp3) is 0.611. The molecule has 1 aliphatic carbocycles. The zero-order valence-electron chi connectivity index (χ0n) is 15.2.